The van der Waals surface area contributed by atoms with Crippen LogP contribution in [0, 0.1) is 0 Å². The van der Waals surface area contributed by atoms with Gasteiger partial charge in [-0.25, -0.2) is 0 Å². The van der Waals surface area contributed by atoms with Crippen molar-refractivity contribution in [2.75, 3.05) is 5.32 Å². The lowest BCUT2D eigenvalue weighted by molar-refractivity contribution is -0.136. The molecule has 1 N–H and O–H groups in total. The molecule has 0 heterocycles. The normalized spacial score (nSPS) is 11.3. The summed E-state index contributed by atoms with van der Waals surface area (Å²) in [5, 5.41) is 2.92. The number of anilines is 1. The Labute approximate surface area is 162 Å². The lowest BCUT2D eigenvalue weighted by Crippen LogP contribution is -2.38. The zero-order valence-corrected chi connectivity index (χ0v) is 17.0. The van der Waals surface area contributed by atoms with Crippen LogP contribution in [-0.2, 0) is 21.5 Å². The van der Waals surface area contributed by atoms with Gasteiger partial charge in [0.15, 0.2) is 0 Å². The molecule has 0 aliphatic rings. The van der Waals surface area contributed by atoms with E-state index in [2.05, 4.69) is 26.1 Å². The molecule has 0 bridgehead atoms. The fourth-order valence-corrected chi connectivity index (χ4v) is 3.02. The molecule has 144 valence electrons. The van der Waals surface area contributed by atoms with Crippen molar-refractivity contribution >= 4 is 17.5 Å². The predicted molar refractivity (Wildman–Crippen MR) is 111 cm³/mol. The monoisotopic (exact) mass is 366 g/mol. The summed E-state index contributed by atoms with van der Waals surface area (Å²) < 4.78 is 0. The minimum Gasteiger partial charge on any atom is -0.336 e. The molecule has 0 saturated heterocycles. The van der Waals surface area contributed by atoms with Gasteiger partial charge in [0.1, 0.15) is 6.42 Å². The summed E-state index contributed by atoms with van der Waals surface area (Å²) in [6, 6.07) is 17.6. The van der Waals surface area contributed by atoms with Crippen LogP contribution in [0.4, 0.5) is 5.69 Å². The Morgan fingerprint density at radius 1 is 0.963 bits per heavy atom. The van der Waals surface area contributed by atoms with Crippen molar-refractivity contribution in [3.63, 3.8) is 0 Å². The van der Waals surface area contributed by atoms with E-state index in [1.54, 1.807) is 4.90 Å². The molecular weight excluding hydrogens is 336 g/mol. The quantitative estimate of drug-likeness (QED) is 0.750. The molecule has 0 spiro atoms. The number of amides is 2. The number of carbonyl (C=O) groups is 2. The Hall–Kier alpha value is -2.62. The smallest absolute Gasteiger partial charge is 0.233 e. The van der Waals surface area contributed by atoms with Gasteiger partial charge >= 0.3 is 0 Å². The van der Waals surface area contributed by atoms with Crippen LogP contribution < -0.4 is 5.32 Å². The van der Waals surface area contributed by atoms with Gasteiger partial charge in [-0.05, 0) is 36.5 Å². The molecule has 2 aromatic rings. The van der Waals surface area contributed by atoms with Gasteiger partial charge in [0.25, 0.3) is 0 Å². The SMILES string of the molecule is CC(C)N(Cc1ccccc1)C(=O)CC(=O)Nc1ccccc1C(C)(C)C. The summed E-state index contributed by atoms with van der Waals surface area (Å²) >= 11 is 0. The van der Waals surface area contributed by atoms with Gasteiger partial charge in [0.05, 0.1) is 0 Å². The first kappa shape index (κ1) is 20.7. The number of rotatable bonds is 6. The first-order valence-electron chi connectivity index (χ1n) is 9.41. The minimum absolute atomic E-state index is 0.0207. The van der Waals surface area contributed by atoms with Crippen LogP contribution in [0.25, 0.3) is 0 Å². The number of para-hydroxylation sites is 1. The van der Waals surface area contributed by atoms with Crippen LogP contribution in [0.15, 0.2) is 54.6 Å². The Bertz CT molecular complexity index is 776. The highest BCUT2D eigenvalue weighted by Gasteiger charge is 2.22. The third-order valence-corrected chi connectivity index (χ3v) is 4.46. The summed E-state index contributed by atoms with van der Waals surface area (Å²) in [5.74, 6) is -0.449. The fourth-order valence-electron chi connectivity index (χ4n) is 3.02. The molecule has 0 aliphatic heterocycles. The lowest BCUT2D eigenvalue weighted by Gasteiger charge is -2.27. The van der Waals surface area contributed by atoms with Crippen molar-refractivity contribution < 1.29 is 9.59 Å². The van der Waals surface area contributed by atoms with E-state index in [1.807, 2.05) is 68.4 Å². The van der Waals surface area contributed by atoms with E-state index >= 15 is 0 Å². The maximum atomic E-state index is 12.7. The Kier molecular flexibility index (Phi) is 6.78. The summed E-state index contributed by atoms with van der Waals surface area (Å²) in [6.07, 6.45) is -0.163. The highest BCUT2D eigenvalue weighted by atomic mass is 16.2. The van der Waals surface area contributed by atoms with Crippen LogP contribution in [0.2, 0.25) is 0 Å². The van der Waals surface area contributed by atoms with E-state index in [9.17, 15) is 9.59 Å². The van der Waals surface area contributed by atoms with Crippen molar-refractivity contribution in [1.82, 2.24) is 4.90 Å². The molecule has 0 fully saturated rings. The molecule has 0 atom stereocenters. The summed E-state index contributed by atoms with van der Waals surface area (Å²) in [4.78, 5) is 27.0. The standard InChI is InChI=1S/C23H30N2O2/c1-17(2)25(16-18-11-7-6-8-12-18)22(27)15-21(26)24-20-14-10-9-13-19(20)23(3,4)5/h6-14,17H,15-16H2,1-5H3,(H,24,26). The average Bonchev–Trinajstić information content (AvgIpc) is 2.59. The van der Waals surface area contributed by atoms with Crippen molar-refractivity contribution in [1.29, 1.82) is 0 Å². The third kappa shape index (κ3) is 5.95. The molecular formula is C23H30N2O2. The van der Waals surface area contributed by atoms with Crippen LogP contribution in [0.3, 0.4) is 0 Å². The second-order valence-corrected chi connectivity index (χ2v) is 8.12. The molecule has 2 aromatic carbocycles. The molecule has 4 heteroatoms. The number of hydrogen-bond donors (Lipinski definition) is 1. The zero-order chi connectivity index (χ0) is 20.0. The van der Waals surface area contributed by atoms with Crippen LogP contribution >= 0.6 is 0 Å². The number of carbonyl (C=O) groups excluding carboxylic acids is 2. The highest BCUT2D eigenvalue weighted by Crippen LogP contribution is 2.29. The van der Waals surface area contributed by atoms with Gasteiger partial charge in [-0.15, -0.1) is 0 Å². The second kappa shape index (κ2) is 8.85. The molecule has 0 radical (unpaired) electrons. The van der Waals surface area contributed by atoms with E-state index < -0.39 is 0 Å². The van der Waals surface area contributed by atoms with Gasteiger partial charge in [-0.2, -0.15) is 0 Å². The average molecular weight is 367 g/mol. The maximum Gasteiger partial charge on any atom is 0.233 e. The van der Waals surface area contributed by atoms with Crippen LogP contribution in [0.5, 0.6) is 0 Å². The van der Waals surface area contributed by atoms with E-state index in [-0.39, 0.29) is 29.7 Å². The first-order valence-corrected chi connectivity index (χ1v) is 9.41. The topological polar surface area (TPSA) is 49.4 Å². The Morgan fingerprint density at radius 3 is 2.15 bits per heavy atom. The molecule has 0 aliphatic carbocycles. The predicted octanol–water partition coefficient (Wildman–Crippen LogP) is 4.75. The molecule has 2 amide bonds. The molecule has 0 saturated carbocycles. The number of nitrogens with one attached hydrogen (secondary N) is 1. The van der Waals surface area contributed by atoms with E-state index in [4.69, 9.17) is 0 Å². The fraction of sp³-hybridized carbons (Fsp3) is 0.391. The van der Waals surface area contributed by atoms with Gasteiger partial charge in [0, 0.05) is 18.3 Å². The number of benzene rings is 2. The number of nitrogens with zero attached hydrogens (tertiary/aromatic N) is 1. The van der Waals surface area contributed by atoms with Crippen molar-refractivity contribution in [3.8, 4) is 0 Å². The Morgan fingerprint density at radius 2 is 1.56 bits per heavy atom. The first-order chi connectivity index (χ1) is 12.7. The van der Waals surface area contributed by atoms with Gasteiger partial charge in [-0.1, -0.05) is 69.3 Å². The van der Waals surface area contributed by atoms with Crippen LogP contribution in [-0.4, -0.2) is 22.8 Å². The van der Waals surface area contributed by atoms with E-state index in [0.717, 1.165) is 16.8 Å². The van der Waals surface area contributed by atoms with Crippen molar-refractivity contribution in [3.05, 3.63) is 65.7 Å². The molecule has 0 unspecified atom stereocenters. The summed E-state index contributed by atoms with van der Waals surface area (Å²) in [5.41, 5.74) is 2.78. The van der Waals surface area contributed by atoms with Gasteiger partial charge in [-0.3, -0.25) is 9.59 Å². The van der Waals surface area contributed by atoms with Crippen LogP contribution in [0.1, 0.15) is 52.2 Å². The van der Waals surface area contributed by atoms with Crippen molar-refractivity contribution in [2.45, 2.75) is 59.0 Å². The highest BCUT2D eigenvalue weighted by molar-refractivity contribution is 6.04. The maximum absolute atomic E-state index is 12.7. The second-order valence-electron chi connectivity index (χ2n) is 8.12. The summed E-state index contributed by atoms with van der Waals surface area (Å²) in [6.45, 7) is 10.7. The van der Waals surface area contributed by atoms with Crippen molar-refractivity contribution in [2.24, 2.45) is 0 Å². The minimum atomic E-state index is -0.282. The summed E-state index contributed by atoms with van der Waals surface area (Å²) in [7, 11) is 0. The lowest BCUT2D eigenvalue weighted by atomic mass is 9.86. The molecule has 2 rings (SSSR count). The molecule has 0 aromatic heterocycles. The third-order valence-electron chi connectivity index (χ3n) is 4.46. The molecule has 4 nitrogen and oxygen atoms in total. The van der Waals surface area contributed by atoms with Gasteiger partial charge in [0.2, 0.25) is 11.8 Å². The van der Waals surface area contributed by atoms with Gasteiger partial charge < -0.3 is 10.2 Å². The molecule has 27 heavy (non-hydrogen) atoms. The zero-order valence-electron chi connectivity index (χ0n) is 17.0. The number of hydrogen-bond acceptors (Lipinski definition) is 2. The Balaban J connectivity index is 2.07. The largest absolute Gasteiger partial charge is 0.336 e. The van der Waals surface area contributed by atoms with E-state index in [1.165, 1.54) is 0 Å². The van der Waals surface area contributed by atoms with E-state index in [0.29, 0.717) is 6.54 Å².